The van der Waals surface area contributed by atoms with E-state index in [0.29, 0.717) is 30.3 Å². The second-order valence-corrected chi connectivity index (χ2v) is 11.7. The van der Waals surface area contributed by atoms with Gasteiger partial charge in [0.15, 0.2) is 0 Å². The summed E-state index contributed by atoms with van der Waals surface area (Å²) in [5.74, 6) is 1.04. The number of anilines is 2. The molecule has 2 bridgehead atoms. The van der Waals surface area contributed by atoms with Crippen molar-refractivity contribution in [2.75, 3.05) is 24.3 Å². The molecule has 40 heavy (non-hydrogen) atoms. The van der Waals surface area contributed by atoms with Crippen molar-refractivity contribution in [3.05, 3.63) is 53.9 Å². The quantitative estimate of drug-likeness (QED) is 0.447. The van der Waals surface area contributed by atoms with Crippen LogP contribution in [0.3, 0.4) is 0 Å². The van der Waals surface area contributed by atoms with Crippen molar-refractivity contribution in [1.29, 1.82) is 0 Å². The fourth-order valence-electron chi connectivity index (χ4n) is 6.49. The third kappa shape index (κ3) is 6.21. The van der Waals surface area contributed by atoms with Crippen molar-refractivity contribution in [2.45, 2.75) is 71.3 Å². The van der Waals surface area contributed by atoms with Crippen LogP contribution in [0.2, 0.25) is 0 Å². The zero-order valence-corrected chi connectivity index (χ0v) is 23.7. The molecule has 4 atom stereocenters. The largest absolute Gasteiger partial charge is 0.453 e. The molecule has 3 aliphatic rings. The smallest absolute Gasteiger partial charge is 0.411 e. The molecule has 4 unspecified atom stereocenters. The molecule has 1 fully saturated rings. The number of rotatable bonds is 3. The molecule has 2 aromatic rings. The van der Waals surface area contributed by atoms with Gasteiger partial charge in [-0.1, -0.05) is 44.7 Å². The second kappa shape index (κ2) is 12.2. The summed E-state index contributed by atoms with van der Waals surface area (Å²) in [4.78, 5) is 45.2. The van der Waals surface area contributed by atoms with Crippen LogP contribution in [0.5, 0.6) is 0 Å². The molecule has 2 aliphatic heterocycles. The van der Waals surface area contributed by atoms with Gasteiger partial charge in [0, 0.05) is 36.0 Å². The topological polar surface area (TPSA) is 101 Å². The Kier molecular flexibility index (Phi) is 8.52. The van der Waals surface area contributed by atoms with Gasteiger partial charge in [0.25, 0.3) is 0 Å². The van der Waals surface area contributed by atoms with Gasteiger partial charge in [-0.25, -0.2) is 4.79 Å². The Morgan fingerprint density at radius 2 is 1.90 bits per heavy atom. The number of nitrogens with zero attached hydrogens (tertiary/aromatic N) is 2. The first kappa shape index (κ1) is 27.9. The molecule has 0 radical (unpaired) electrons. The second-order valence-electron chi connectivity index (χ2n) is 11.7. The first-order chi connectivity index (χ1) is 19.3. The van der Waals surface area contributed by atoms with Crippen LogP contribution in [-0.2, 0) is 14.3 Å². The van der Waals surface area contributed by atoms with E-state index >= 15 is 0 Å². The summed E-state index contributed by atoms with van der Waals surface area (Å²) in [5.41, 5.74) is 5.00. The van der Waals surface area contributed by atoms with Gasteiger partial charge >= 0.3 is 6.09 Å². The number of methoxy groups -OCH3 is 1. The van der Waals surface area contributed by atoms with E-state index in [1.54, 1.807) is 18.3 Å². The fraction of sp³-hybridized carbons (Fsp3) is 0.500. The van der Waals surface area contributed by atoms with Crippen molar-refractivity contribution >= 4 is 29.3 Å². The summed E-state index contributed by atoms with van der Waals surface area (Å²) in [7, 11) is 1.31. The monoisotopic (exact) mass is 544 g/mol. The van der Waals surface area contributed by atoms with Gasteiger partial charge < -0.3 is 15.0 Å². The number of fused-ring (bicyclic) bond motifs is 4. The Morgan fingerprint density at radius 1 is 1.07 bits per heavy atom. The molecule has 3 heterocycles. The normalized spacial score (nSPS) is 25.5. The Labute approximate surface area is 236 Å². The van der Waals surface area contributed by atoms with E-state index in [1.165, 1.54) is 38.4 Å². The van der Waals surface area contributed by atoms with E-state index in [0.717, 1.165) is 42.0 Å². The SMILES string of the molecule is COC(=O)Nc1ccc2c(c1)NC(=O)C(C)CCCC(N1CCC(C3CCCC(C)C3)=CC1=O)c1cc-2ccn1. The predicted octanol–water partition coefficient (Wildman–Crippen LogP) is 6.71. The number of ether oxygens (including phenoxy) is 1. The van der Waals surface area contributed by atoms with E-state index < -0.39 is 6.09 Å². The van der Waals surface area contributed by atoms with Crippen LogP contribution in [0.25, 0.3) is 11.1 Å². The van der Waals surface area contributed by atoms with Crippen LogP contribution >= 0.6 is 0 Å². The van der Waals surface area contributed by atoms with Crippen LogP contribution in [0.15, 0.2) is 48.2 Å². The fourth-order valence-corrected chi connectivity index (χ4v) is 6.49. The molecule has 1 aromatic heterocycles. The molecule has 8 heteroatoms. The van der Waals surface area contributed by atoms with Gasteiger partial charge in [0.2, 0.25) is 11.8 Å². The Balaban J connectivity index is 1.47. The Hall–Kier alpha value is -3.68. The first-order valence-electron chi connectivity index (χ1n) is 14.6. The summed E-state index contributed by atoms with van der Waals surface area (Å²) < 4.78 is 4.73. The Morgan fingerprint density at radius 3 is 2.67 bits per heavy atom. The van der Waals surface area contributed by atoms with Gasteiger partial charge in [0.1, 0.15) is 0 Å². The highest BCUT2D eigenvalue weighted by molar-refractivity contribution is 5.98. The highest BCUT2D eigenvalue weighted by Gasteiger charge is 2.32. The van der Waals surface area contributed by atoms with E-state index in [9.17, 15) is 14.4 Å². The number of nitrogens with one attached hydrogen (secondary N) is 2. The van der Waals surface area contributed by atoms with Crippen LogP contribution in [-0.4, -0.2) is 41.4 Å². The number of aromatic nitrogens is 1. The molecule has 212 valence electrons. The van der Waals surface area contributed by atoms with Gasteiger partial charge in [-0.2, -0.15) is 0 Å². The van der Waals surface area contributed by atoms with E-state index in [-0.39, 0.29) is 23.8 Å². The molecule has 1 saturated carbocycles. The minimum absolute atomic E-state index is 0.0773. The van der Waals surface area contributed by atoms with Crippen LogP contribution in [0.1, 0.15) is 76.9 Å². The van der Waals surface area contributed by atoms with E-state index in [4.69, 9.17) is 9.72 Å². The molecule has 1 aliphatic carbocycles. The molecule has 2 N–H and O–H groups in total. The maximum absolute atomic E-state index is 13.6. The summed E-state index contributed by atoms with van der Waals surface area (Å²) in [6.45, 7) is 4.94. The first-order valence-corrected chi connectivity index (χ1v) is 14.6. The number of benzene rings is 1. The van der Waals surface area contributed by atoms with Crippen molar-refractivity contribution < 1.29 is 19.1 Å². The van der Waals surface area contributed by atoms with Crippen molar-refractivity contribution in [1.82, 2.24) is 9.88 Å². The summed E-state index contributed by atoms with van der Waals surface area (Å²) >= 11 is 0. The molecule has 8 nitrogen and oxygen atoms in total. The number of carbonyl (C=O) groups excluding carboxylic acids is 3. The Bertz CT molecular complexity index is 1310. The average Bonchev–Trinajstić information content (AvgIpc) is 2.95. The maximum Gasteiger partial charge on any atom is 0.411 e. The molecule has 1 aromatic carbocycles. The zero-order chi connectivity index (χ0) is 28.2. The number of hydrogen-bond acceptors (Lipinski definition) is 5. The van der Waals surface area contributed by atoms with E-state index in [2.05, 4.69) is 17.6 Å². The minimum Gasteiger partial charge on any atom is -0.453 e. The number of pyridine rings is 1. The maximum atomic E-state index is 13.6. The average molecular weight is 545 g/mol. The predicted molar refractivity (Wildman–Crippen MR) is 156 cm³/mol. The molecule has 5 rings (SSSR count). The minimum atomic E-state index is -0.580. The van der Waals surface area contributed by atoms with Gasteiger partial charge in [-0.05, 0) is 73.8 Å². The lowest BCUT2D eigenvalue weighted by molar-refractivity contribution is -0.129. The molecule has 3 amide bonds. The lowest BCUT2D eigenvalue weighted by Crippen LogP contribution is -2.39. The van der Waals surface area contributed by atoms with Crippen LogP contribution < -0.4 is 10.6 Å². The highest BCUT2D eigenvalue weighted by Crippen LogP contribution is 2.39. The number of hydrogen-bond donors (Lipinski definition) is 2. The number of amides is 3. The van der Waals surface area contributed by atoms with Crippen LogP contribution in [0.4, 0.5) is 16.2 Å². The summed E-state index contributed by atoms with van der Waals surface area (Å²) in [6, 6.07) is 9.18. The standard InChI is InChI=1S/C32H40N4O4/c1-20-6-4-8-22(16-20)23-13-15-36(30(37)18-23)29-9-5-7-21(2)31(38)35-27-19-25(34-32(39)40-3)10-11-26(27)24-12-14-33-28(29)17-24/h10-12,14,17-22,29H,4-9,13,15-16H2,1-3H3,(H,34,39)(H,35,38). The van der Waals surface area contributed by atoms with Gasteiger partial charge in [0.05, 0.1) is 24.5 Å². The van der Waals surface area contributed by atoms with E-state index in [1.807, 2.05) is 36.1 Å². The molecular formula is C32H40N4O4. The molecule has 0 spiro atoms. The van der Waals surface area contributed by atoms with Crippen molar-refractivity contribution in [2.24, 2.45) is 17.8 Å². The van der Waals surface area contributed by atoms with Gasteiger partial charge in [-0.3, -0.25) is 19.9 Å². The van der Waals surface area contributed by atoms with Crippen molar-refractivity contribution in [3.8, 4) is 11.1 Å². The lowest BCUT2D eigenvalue weighted by Gasteiger charge is -2.37. The lowest BCUT2D eigenvalue weighted by atomic mass is 9.77. The van der Waals surface area contributed by atoms with Crippen molar-refractivity contribution in [3.63, 3.8) is 0 Å². The highest BCUT2D eigenvalue weighted by atomic mass is 16.5. The third-order valence-electron chi connectivity index (χ3n) is 8.78. The number of carbonyl (C=O) groups is 3. The van der Waals surface area contributed by atoms with Gasteiger partial charge in [-0.15, -0.1) is 0 Å². The molecular weight excluding hydrogens is 504 g/mol. The third-order valence-corrected chi connectivity index (χ3v) is 8.78. The zero-order valence-electron chi connectivity index (χ0n) is 23.7. The summed E-state index contributed by atoms with van der Waals surface area (Å²) in [5, 5.41) is 5.74. The van der Waals surface area contributed by atoms with Crippen LogP contribution in [0, 0.1) is 17.8 Å². The summed E-state index contributed by atoms with van der Waals surface area (Å²) in [6.07, 6.45) is 11.2. The molecule has 0 saturated heterocycles.